The topological polar surface area (TPSA) is 43.6 Å². The average Bonchev–Trinajstić information content (AvgIpc) is 3.40. The van der Waals surface area contributed by atoms with E-state index in [9.17, 15) is 0 Å². The van der Waals surface area contributed by atoms with E-state index in [0.29, 0.717) is 10.9 Å². The molecule has 1 fully saturated rings. The van der Waals surface area contributed by atoms with E-state index < -0.39 is 0 Å². The van der Waals surface area contributed by atoms with E-state index in [1.54, 1.807) is 6.20 Å². The molecule has 2 aromatic heterocycles. The highest BCUT2D eigenvalue weighted by molar-refractivity contribution is 6.30. The Morgan fingerprint density at radius 3 is 2.50 bits per heavy atom. The molecule has 0 aliphatic heterocycles. The SMILES string of the molecule is CC(C)(c1ccc(Cl)cn1)c1nnc(C2CC2)n1CCc1ccccc1. The molecule has 5 heteroatoms. The van der Waals surface area contributed by atoms with Gasteiger partial charge in [0.05, 0.1) is 16.1 Å². The van der Waals surface area contributed by atoms with Crippen LogP contribution in [0.3, 0.4) is 0 Å². The predicted octanol–water partition coefficient (Wildman–Crippen LogP) is 4.77. The highest BCUT2D eigenvalue weighted by atomic mass is 35.5. The van der Waals surface area contributed by atoms with Crippen LogP contribution in [0.4, 0.5) is 0 Å². The molecule has 0 N–H and O–H groups in total. The van der Waals surface area contributed by atoms with Gasteiger partial charge in [0.1, 0.15) is 11.6 Å². The number of hydrogen-bond acceptors (Lipinski definition) is 3. The zero-order valence-corrected chi connectivity index (χ0v) is 15.9. The molecular weight excluding hydrogens is 344 g/mol. The summed E-state index contributed by atoms with van der Waals surface area (Å²) in [6.45, 7) is 5.20. The van der Waals surface area contributed by atoms with Crippen molar-refractivity contribution in [2.75, 3.05) is 0 Å². The molecule has 0 atom stereocenters. The number of nitrogens with zero attached hydrogens (tertiary/aromatic N) is 4. The molecule has 26 heavy (non-hydrogen) atoms. The molecule has 1 saturated carbocycles. The molecule has 0 radical (unpaired) electrons. The smallest absolute Gasteiger partial charge is 0.144 e. The first-order valence-electron chi connectivity index (χ1n) is 9.15. The number of rotatable bonds is 6. The zero-order chi connectivity index (χ0) is 18.1. The van der Waals surface area contributed by atoms with E-state index in [4.69, 9.17) is 11.6 Å². The van der Waals surface area contributed by atoms with Gasteiger partial charge in [-0.1, -0.05) is 41.9 Å². The third-order valence-electron chi connectivity index (χ3n) is 5.12. The number of aromatic nitrogens is 4. The van der Waals surface area contributed by atoms with Crippen molar-refractivity contribution in [1.82, 2.24) is 19.7 Å². The van der Waals surface area contributed by atoms with Crippen molar-refractivity contribution in [3.05, 3.63) is 76.6 Å². The Kier molecular flexibility index (Phi) is 4.53. The Morgan fingerprint density at radius 1 is 1.08 bits per heavy atom. The predicted molar refractivity (Wildman–Crippen MR) is 104 cm³/mol. The molecule has 0 amide bonds. The lowest BCUT2D eigenvalue weighted by Crippen LogP contribution is -2.26. The van der Waals surface area contributed by atoms with Crippen LogP contribution in [0.5, 0.6) is 0 Å². The fraction of sp³-hybridized carbons (Fsp3) is 0.381. The maximum absolute atomic E-state index is 6.01. The minimum absolute atomic E-state index is 0.332. The molecule has 0 spiro atoms. The van der Waals surface area contributed by atoms with Gasteiger partial charge in [-0.15, -0.1) is 10.2 Å². The summed E-state index contributed by atoms with van der Waals surface area (Å²) in [5.74, 6) is 2.66. The summed E-state index contributed by atoms with van der Waals surface area (Å²) >= 11 is 6.01. The highest BCUT2D eigenvalue weighted by Crippen LogP contribution is 2.41. The van der Waals surface area contributed by atoms with Crippen LogP contribution in [0.2, 0.25) is 5.02 Å². The van der Waals surface area contributed by atoms with Crippen LogP contribution >= 0.6 is 11.6 Å². The standard InChI is InChI=1S/C21H23ClN4/c1-21(2,18-11-10-17(22)14-23-18)20-25-24-19(16-8-9-16)26(20)13-12-15-6-4-3-5-7-15/h3-7,10-11,14,16H,8-9,12-13H2,1-2H3. The first kappa shape index (κ1) is 17.2. The van der Waals surface area contributed by atoms with Gasteiger partial charge in [0.25, 0.3) is 0 Å². The van der Waals surface area contributed by atoms with Gasteiger partial charge in [0, 0.05) is 18.7 Å². The Balaban J connectivity index is 1.68. The summed E-state index contributed by atoms with van der Waals surface area (Å²) in [7, 11) is 0. The lowest BCUT2D eigenvalue weighted by Gasteiger charge is -2.24. The molecule has 134 valence electrons. The van der Waals surface area contributed by atoms with E-state index in [0.717, 1.165) is 30.3 Å². The van der Waals surface area contributed by atoms with Crippen LogP contribution in [0, 0.1) is 0 Å². The molecule has 2 heterocycles. The first-order chi connectivity index (χ1) is 12.6. The van der Waals surface area contributed by atoms with Crippen molar-refractivity contribution in [2.45, 2.75) is 51.0 Å². The second kappa shape index (κ2) is 6.84. The Bertz CT molecular complexity index is 880. The lowest BCUT2D eigenvalue weighted by atomic mass is 9.87. The second-order valence-corrected chi connectivity index (χ2v) is 7.97. The quantitative estimate of drug-likeness (QED) is 0.631. The molecule has 0 unspecified atom stereocenters. The van der Waals surface area contributed by atoms with Crippen LogP contribution in [-0.4, -0.2) is 19.7 Å². The first-order valence-corrected chi connectivity index (χ1v) is 9.53. The molecule has 1 aliphatic carbocycles. The second-order valence-electron chi connectivity index (χ2n) is 7.53. The van der Waals surface area contributed by atoms with Crippen molar-refractivity contribution in [2.24, 2.45) is 0 Å². The van der Waals surface area contributed by atoms with Crippen LogP contribution in [0.1, 0.15) is 55.5 Å². The van der Waals surface area contributed by atoms with E-state index in [1.165, 1.54) is 18.4 Å². The summed E-state index contributed by atoms with van der Waals surface area (Å²) in [6, 6.07) is 14.4. The average molecular weight is 367 g/mol. The van der Waals surface area contributed by atoms with Crippen molar-refractivity contribution in [3.63, 3.8) is 0 Å². The molecule has 0 bridgehead atoms. The van der Waals surface area contributed by atoms with Gasteiger partial charge in [-0.05, 0) is 50.8 Å². The van der Waals surface area contributed by atoms with Gasteiger partial charge in [-0.25, -0.2) is 0 Å². The minimum atomic E-state index is -0.332. The van der Waals surface area contributed by atoms with Crippen LogP contribution < -0.4 is 0 Å². The Hall–Kier alpha value is -2.20. The monoisotopic (exact) mass is 366 g/mol. The highest BCUT2D eigenvalue weighted by Gasteiger charge is 2.36. The zero-order valence-electron chi connectivity index (χ0n) is 15.2. The number of pyridine rings is 1. The third-order valence-corrected chi connectivity index (χ3v) is 5.34. The minimum Gasteiger partial charge on any atom is -0.314 e. The summed E-state index contributed by atoms with van der Waals surface area (Å²) in [5.41, 5.74) is 1.95. The van der Waals surface area contributed by atoms with Crippen molar-refractivity contribution < 1.29 is 0 Å². The normalized spacial score (nSPS) is 14.6. The fourth-order valence-corrected chi connectivity index (χ4v) is 3.50. The van der Waals surface area contributed by atoms with Crippen LogP contribution in [0.25, 0.3) is 0 Å². The van der Waals surface area contributed by atoms with Gasteiger partial charge in [-0.3, -0.25) is 4.98 Å². The van der Waals surface area contributed by atoms with Crippen LogP contribution in [0.15, 0.2) is 48.7 Å². The molecule has 4 rings (SSSR count). The largest absolute Gasteiger partial charge is 0.314 e. The third kappa shape index (κ3) is 3.38. The van der Waals surface area contributed by atoms with E-state index >= 15 is 0 Å². The summed E-state index contributed by atoms with van der Waals surface area (Å²) in [4.78, 5) is 4.54. The van der Waals surface area contributed by atoms with E-state index in [1.807, 2.05) is 12.1 Å². The maximum atomic E-state index is 6.01. The van der Waals surface area contributed by atoms with Crippen molar-refractivity contribution in [3.8, 4) is 0 Å². The summed E-state index contributed by atoms with van der Waals surface area (Å²) in [6.07, 6.45) is 5.09. The Morgan fingerprint density at radius 2 is 1.85 bits per heavy atom. The van der Waals surface area contributed by atoms with E-state index in [-0.39, 0.29) is 5.41 Å². The van der Waals surface area contributed by atoms with E-state index in [2.05, 4.69) is 63.9 Å². The number of benzene rings is 1. The molecule has 0 saturated heterocycles. The van der Waals surface area contributed by atoms with Gasteiger partial charge in [-0.2, -0.15) is 0 Å². The van der Waals surface area contributed by atoms with Gasteiger partial charge in [0.2, 0.25) is 0 Å². The molecule has 1 aliphatic rings. The van der Waals surface area contributed by atoms with Crippen molar-refractivity contribution in [1.29, 1.82) is 0 Å². The number of aryl methyl sites for hydroxylation is 1. The lowest BCUT2D eigenvalue weighted by molar-refractivity contribution is 0.509. The maximum Gasteiger partial charge on any atom is 0.144 e. The molecular formula is C21H23ClN4. The fourth-order valence-electron chi connectivity index (χ4n) is 3.39. The molecule has 4 nitrogen and oxygen atoms in total. The summed E-state index contributed by atoms with van der Waals surface area (Å²) in [5, 5.41) is 9.81. The summed E-state index contributed by atoms with van der Waals surface area (Å²) < 4.78 is 2.32. The molecule has 1 aromatic carbocycles. The van der Waals surface area contributed by atoms with Gasteiger partial charge in [0.15, 0.2) is 0 Å². The van der Waals surface area contributed by atoms with Gasteiger partial charge >= 0.3 is 0 Å². The van der Waals surface area contributed by atoms with Crippen molar-refractivity contribution >= 4 is 11.6 Å². The number of halogens is 1. The van der Waals surface area contributed by atoms with Crippen LogP contribution in [-0.2, 0) is 18.4 Å². The molecule has 3 aromatic rings. The Labute approximate surface area is 159 Å². The van der Waals surface area contributed by atoms with Gasteiger partial charge < -0.3 is 4.57 Å². The number of hydrogen-bond donors (Lipinski definition) is 0.